The highest BCUT2D eigenvalue weighted by Gasteiger charge is 2.22. The molecule has 0 saturated carbocycles. The number of imidazole rings is 1. The third-order valence-electron chi connectivity index (χ3n) is 2.51. The van der Waals surface area contributed by atoms with Crippen molar-refractivity contribution in [2.45, 2.75) is 25.9 Å². The predicted molar refractivity (Wildman–Crippen MR) is 66.0 cm³/mol. The number of carbonyl (C=O) groups is 1. The van der Waals surface area contributed by atoms with Crippen molar-refractivity contribution in [3.05, 3.63) is 34.3 Å². The number of hydrogen-bond donors (Lipinski definition) is 1. The molecule has 1 rings (SSSR count). The standard InChI is InChI=1S/C11H16N4O3/c1-11(2,5-4-6-16)13-7-9-10(15(17)18)12-8-14(9)3/h4-6,8,13H,7H2,1-3H3. The molecule has 0 amide bonds. The first kappa shape index (κ1) is 14.0. The van der Waals surface area contributed by atoms with Gasteiger partial charge in [0.2, 0.25) is 6.33 Å². The van der Waals surface area contributed by atoms with Crippen LogP contribution < -0.4 is 5.32 Å². The van der Waals surface area contributed by atoms with E-state index < -0.39 is 10.5 Å². The lowest BCUT2D eigenvalue weighted by Crippen LogP contribution is -2.37. The molecule has 1 aromatic heterocycles. The van der Waals surface area contributed by atoms with Crippen LogP contribution in [0.15, 0.2) is 18.5 Å². The lowest BCUT2D eigenvalue weighted by Gasteiger charge is -2.21. The molecule has 98 valence electrons. The van der Waals surface area contributed by atoms with Gasteiger partial charge in [-0.2, -0.15) is 0 Å². The van der Waals surface area contributed by atoms with E-state index in [2.05, 4.69) is 10.3 Å². The number of hydrogen-bond acceptors (Lipinski definition) is 5. The zero-order valence-corrected chi connectivity index (χ0v) is 10.6. The number of rotatable bonds is 6. The first-order chi connectivity index (χ1) is 8.37. The maximum Gasteiger partial charge on any atom is 0.386 e. The van der Waals surface area contributed by atoms with Crippen LogP contribution in [0.4, 0.5) is 5.82 Å². The Hall–Kier alpha value is -2.02. The van der Waals surface area contributed by atoms with Gasteiger partial charge in [-0.05, 0) is 29.8 Å². The molecule has 18 heavy (non-hydrogen) atoms. The van der Waals surface area contributed by atoms with Gasteiger partial charge in [0.1, 0.15) is 12.0 Å². The third-order valence-corrected chi connectivity index (χ3v) is 2.51. The second-order valence-corrected chi connectivity index (χ2v) is 4.45. The maximum absolute atomic E-state index is 10.8. The average Bonchev–Trinajstić information content (AvgIpc) is 2.66. The predicted octanol–water partition coefficient (Wildman–Crippen LogP) is 0.952. The Morgan fingerprint density at radius 3 is 2.83 bits per heavy atom. The van der Waals surface area contributed by atoms with Gasteiger partial charge in [-0.25, -0.2) is 0 Å². The molecular weight excluding hydrogens is 236 g/mol. The van der Waals surface area contributed by atoms with Crippen LogP contribution in [0.25, 0.3) is 0 Å². The number of aryl methyl sites for hydroxylation is 1. The first-order valence-corrected chi connectivity index (χ1v) is 5.40. The minimum absolute atomic E-state index is 0.153. The molecule has 7 heteroatoms. The van der Waals surface area contributed by atoms with E-state index in [-0.39, 0.29) is 5.82 Å². The summed E-state index contributed by atoms with van der Waals surface area (Å²) in [5.41, 5.74) is 0.0616. The number of allylic oxidation sites excluding steroid dienone is 1. The molecule has 0 bridgehead atoms. The highest BCUT2D eigenvalue weighted by Crippen LogP contribution is 2.16. The summed E-state index contributed by atoms with van der Waals surface area (Å²) in [7, 11) is 1.70. The van der Waals surface area contributed by atoms with Gasteiger partial charge in [0.15, 0.2) is 0 Å². The van der Waals surface area contributed by atoms with Crippen molar-refractivity contribution in [2.75, 3.05) is 0 Å². The van der Waals surface area contributed by atoms with Crippen LogP contribution in [-0.4, -0.2) is 26.3 Å². The van der Waals surface area contributed by atoms with Gasteiger partial charge in [-0.15, -0.1) is 0 Å². The molecule has 0 saturated heterocycles. The number of aromatic nitrogens is 2. The van der Waals surface area contributed by atoms with Crippen LogP contribution in [-0.2, 0) is 18.4 Å². The Kier molecular flexibility index (Phi) is 4.33. The van der Waals surface area contributed by atoms with E-state index in [1.807, 2.05) is 13.8 Å². The highest BCUT2D eigenvalue weighted by atomic mass is 16.6. The van der Waals surface area contributed by atoms with Crippen LogP contribution in [0, 0.1) is 10.1 Å². The molecule has 0 aliphatic heterocycles. The van der Waals surface area contributed by atoms with Gasteiger partial charge in [0.25, 0.3) is 0 Å². The molecule has 1 N–H and O–H groups in total. The Morgan fingerprint density at radius 1 is 1.61 bits per heavy atom. The van der Waals surface area contributed by atoms with Gasteiger partial charge >= 0.3 is 5.82 Å². The average molecular weight is 252 g/mol. The molecule has 1 aromatic rings. The molecule has 0 radical (unpaired) electrons. The molecule has 0 unspecified atom stereocenters. The zero-order valence-electron chi connectivity index (χ0n) is 10.6. The Morgan fingerprint density at radius 2 is 2.28 bits per heavy atom. The molecule has 0 aromatic carbocycles. The first-order valence-electron chi connectivity index (χ1n) is 5.40. The molecule has 0 atom stereocenters. The van der Waals surface area contributed by atoms with Crippen molar-refractivity contribution in [3.8, 4) is 0 Å². The van der Waals surface area contributed by atoms with Crippen molar-refractivity contribution >= 4 is 12.1 Å². The second kappa shape index (κ2) is 5.54. The summed E-state index contributed by atoms with van der Waals surface area (Å²) in [5.74, 6) is -0.153. The maximum atomic E-state index is 10.8. The quantitative estimate of drug-likeness (QED) is 0.352. The summed E-state index contributed by atoms with van der Waals surface area (Å²) < 4.78 is 1.60. The fourth-order valence-electron chi connectivity index (χ4n) is 1.45. The summed E-state index contributed by atoms with van der Waals surface area (Å²) in [6, 6.07) is 0. The summed E-state index contributed by atoms with van der Waals surface area (Å²) in [5, 5.41) is 13.9. The number of nitrogens with one attached hydrogen (secondary N) is 1. The lowest BCUT2D eigenvalue weighted by atomic mass is 10.1. The molecule has 0 spiro atoms. The smallest absolute Gasteiger partial charge is 0.358 e. The highest BCUT2D eigenvalue weighted by molar-refractivity contribution is 5.65. The lowest BCUT2D eigenvalue weighted by molar-refractivity contribution is -0.390. The second-order valence-electron chi connectivity index (χ2n) is 4.45. The molecule has 7 nitrogen and oxygen atoms in total. The summed E-state index contributed by atoms with van der Waals surface area (Å²) >= 11 is 0. The number of nitrogens with zero attached hydrogens (tertiary/aromatic N) is 3. The topological polar surface area (TPSA) is 90.1 Å². The van der Waals surface area contributed by atoms with E-state index >= 15 is 0 Å². The van der Waals surface area contributed by atoms with Crippen molar-refractivity contribution in [1.82, 2.24) is 14.9 Å². The van der Waals surface area contributed by atoms with E-state index in [0.717, 1.165) is 0 Å². The summed E-state index contributed by atoms with van der Waals surface area (Å²) in [6.07, 6.45) is 5.19. The van der Waals surface area contributed by atoms with Crippen molar-refractivity contribution < 1.29 is 9.72 Å². The largest absolute Gasteiger partial charge is 0.386 e. The van der Waals surface area contributed by atoms with E-state index in [1.165, 1.54) is 12.4 Å². The van der Waals surface area contributed by atoms with E-state index in [4.69, 9.17) is 0 Å². The third kappa shape index (κ3) is 3.49. The summed E-state index contributed by atoms with van der Waals surface area (Å²) in [6.45, 7) is 4.04. The Bertz CT molecular complexity index is 477. The van der Waals surface area contributed by atoms with Crippen LogP contribution >= 0.6 is 0 Å². The van der Waals surface area contributed by atoms with Gasteiger partial charge in [0.05, 0.1) is 0 Å². The van der Waals surface area contributed by atoms with E-state index in [0.29, 0.717) is 18.5 Å². The van der Waals surface area contributed by atoms with Gasteiger partial charge in [-0.1, -0.05) is 6.08 Å². The molecule has 0 aliphatic carbocycles. The number of nitro groups is 1. The fourth-order valence-corrected chi connectivity index (χ4v) is 1.45. The van der Waals surface area contributed by atoms with Gasteiger partial charge < -0.3 is 20.0 Å². The normalized spacial score (nSPS) is 11.9. The minimum atomic E-state index is -0.509. The molecule has 1 heterocycles. The molecular formula is C11H16N4O3. The van der Waals surface area contributed by atoms with E-state index in [9.17, 15) is 14.9 Å². The molecule has 0 fully saturated rings. The van der Waals surface area contributed by atoms with Crippen molar-refractivity contribution in [1.29, 1.82) is 0 Å². The van der Waals surface area contributed by atoms with Crippen molar-refractivity contribution in [3.63, 3.8) is 0 Å². The Balaban J connectivity index is 2.80. The van der Waals surface area contributed by atoms with Crippen LogP contribution in [0.1, 0.15) is 19.5 Å². The van der Waals surface area contributed by atoms with Crippen LogP contribution in [0.5, 0.6) is 0 Å². The molecule has 0 aliphatic rings. The van der Waals surface area contributed by atoms with Crippen LogP contribution in [0.2, 0.25) is 0 Å². The number of aldehydes is 1. The summed E-state index contributed by atoms with van der Waals surface area (Å²) in [4.78, 5) is 24.3. The minimum Gasteiger partial charge on any atom is -0.358 e. The Labute approximate surface area is 105 Å². The van der Waals surface area contributed by atoms with Gasteiger partial charge in [0, 0.05) is 19.1 Å². The van der Waals surface area contributed by atoms with Crippen LogP contribution in [0.3, 0.4) is 0 Å². The monoisotopic (exact) mass is 252 g/mol. The van der Waals surface area contributed by atoms with Gasteiger partial charge in [-0.3, -0.25) is 4.79 Å². The number of carbonyl (C=O) groups excluding carboxylic acids is 1. The SMILES string of the molecule is Cn1cnc([N+](=O)[O-])c1CNC(C)(C)C=CC=O. The zero-order chi connectivity index (χ0) is 13.8. The fraction of sp³-hybridized carbons (Fsp3) is 0.455. The van der Waals surface area contributed by atoms with E-state index in [1.54, 1.807) is 17.7 Å². The van der Waals surface area contributed by atoms with Crippen molar-refractivity contribution in [2.24, 2.45) is 7.05 Å².